The van der Waals surface area contributed by atoms with Crippen LogP contribution in [-0.2, 0) is 9.59 Å². The summed E-state index contributed by atoms with van der Waals surface area (Å²) in [6.07, 6.45) is 2.07. The van der Waals surface area contributed by atoms with E-state index in [0.717, 1.165) is 12.8 Å². The van der Waals surface area contributed by atoms with Gasteiger partial charge in [0, 0.05) is 19.3 Å². The van der Waals surface area contributed by atoms with Crippen molar-refractivity contribution >= 4 is 29.7 Å². The molecule has 2 unspecified atom stereocenters. The van der Waals surface area contributed by atoms with E-state index in [0.29, 0.717) is 18.2 Å². The van der Waals surface area contributed by atoms with Gasteiger partial charge in [0.25, 0.3) is 0 Å². The van der Waals surface area contributed by atoms with Crippen molar-refractivity contribution in [3.63, 3.8) is 0 Å². The van der Waals surface area contributed by atoms with Gasteiger partial charge in [-0.2, -0.15) is 0 Å². The van der Waals surface area contributed by atoms with Crippen LogP contribution in [0.1, 0.15) is 19.8 Å². The molecule has 0 aromatic carbocycles. The quantitative estimate of drug-likeness (QED) is 0.767. The number of rotatable bonds is 5. The molecular formula is C13H21N3O4S. The summed E-state index contributed by atoms with van der Waals surface area (Å²) in [6.45, 7) is 2.11. The molecule has 1 aliphatic carbocycles. The summed E-state index contributed by atoms with van der Waals surface area (Å²) in [5, 5.41) is 11.7. The summed E-state index contributed by atoms with van der Waals surface area (Å²) in [7, 11) is 1.51. The molecule has 1 heterocycles. The monoisotopic (exact) mass is 315 g/mol. The van der Waals surface area contributed by atoms with Gasteiger partial charge in [0.2, 0.25) is 5.91 Å². The van der Waals surface area contributed by atoms with Crippen molar-refractivity contribution in [1.82, 2.24) is 15.1 Å². The van der Waals surface area contributed by atoms with E-state index in [-0.39, 0.29) is 23.9 Å². The summed E-state index contributed by atoms with van der Waals surface area (Å²) in [4.78, 5) is 38.4. The van der Waals surface area contributed by atoms with Crippen molar-refractivity contribution in [2.24, 2.45) is 5.92 Å². The fraction of sp³-hybridized carbons (Fsp3) is 0.769. The summed E-state index contributed by atoms with van der Waals surface area (Å²) < 4.78 is 0. The number of likely N-dealkylation sites (N-methyl/N-ethyl adjacent to an activating group) is 2. The van der Waals surface area contributed by atoms with Crippen molar-refractivity contribution in [2.45, 2.75) is 31.2 Å². The van der Waals surface area contributed by atoms with E-state index < -0.39 is 12.0 Å². The fourth-order valence-electron chi connectivity index (χ4n) is 2.44. The van der Waals surface area contributed by atoms with Crippen LogP contribution in [0.4, 0.5) is 4.79 Å². The Hall–Kier alpha value is -1.44. The summed E-state index contributed by atoms with van der Waals surface area (Å²) in [5.74, 6) is -0.427. The highest BCUT2D eigenvalue weighted by atomic mass is 32.2. The predicted octanol–water partition coefficient (Wildman–Crippen LogP) is 0.412. The van der Waals surface area contributed by atoms with Crippen LogP contribution in [-0.4, -0.2) is 70.1 Å². The number of nitrogens with one attached hydrogen (secondary N) is 1. The van der Waals surface area contributed by atoms with Crippen molar-refractivity contribution < 1.29 is 19.5 Å². The molecule has 1 saturated heterocycles. The van der Waals surface area contributed by atoms with Crippen LogP contribution in [0.5, 0.6) is 0 Å². The second-order valence-corrected chi connectivity index (χ2v) is 6.44. The van der Waals surface area contributed by atoms with Gasteiger partial charge in [-0.15, -0.1) is 11.8 Å². The second-order valence-electron chi connectivity index (χ2n) is 5.29. The molecule has 0 radical (unpaired) electrons. The van der Waals surface area contributed by atoms with Crippen LogP contribution in [0, 0.1) is 5.92 Å². The van der Waals surface area contributed by atoms with E-state index in [1.54, 1.807) is 6.92 Å². The van der Waals surface area contributed by atoms with Gasteiger partial charge in [0.15, 0.2) is 0 Å². The maximum Gasteiger partial charge on any atom is 0.327 e. The topological polar surface area (TPSA) is 90.0 Å². The summed E-state index contributed by atoms with van der Waals surface area (Å²) in [5.41, 5.74) is 0. The Bertz CT molecular complexity index is 441. The summed E-state index contributed by atoms with van der Waals surface area (Å²) in [6, 6.07) is -1.15. The predicted molar refractivity (Wildman–Crippen MR) is 78.9 cm³/mol. The number of carbonyl (C=O) groups is 3. The number of carbonyl (C=O) groups excluding carboxylic acids is 2. The van der Waals surface area contributed by atoms with Gasteiger partial charge in [-0.05, 0) is 25.7 Å². The molecule has 118 valence electrons. The van der Waals surface area contributed by atoms with E-state index in [2.05, 4.69) is 5.32 Å². The Kier molecular flexibility index (Phi) is 4.97. The molecule has 2 aliphatic rings. The van der Waals surface area contributed by atoms with E-state index in [1.807, 2.05) is 0 Å². The SMILES string of the molecule is CCN(CC(=O)NC)C(=O)N1C(C(=O)O)CSC1C1CC1. The van der Waals surface area contributed by atoms with Crippen LogP contribution in [0.25, 0.3) is 0 Å². The molecule has 7 nitrogen and oxygen atoms in total. The smallest absolute Gasteiger partial charge is 0.327 e. The van der Waals surface area contributed by atoms with Crippen LogP contribution in [0.15, 0.2) is 0 Å². The molecule has 0 aromatic heterocycles. The maximum absolute atomic E-state index is 12.7. The Morgan fingerprint density at radius 1 is 1.38 bits per heavy atom. The minimum atomic E-state index is -0.977. The Morgan fingerprint density at radius 2 is 2.05 bits per heavy atom. The highest BCUT2D eigenvalue weighted by Crippen LogP contribution is 2.45. The number of amides is 3. The Labute approximate surface area is 128 Å². The first-order valence-corrected chi connectivity index (χ1v) is 8.16. The number of carboxylic acids is 1. The van der Waals surface area contributed by atoms with Crippen molar-refractivity contribution in [3.8, 4) is 0 Å². The molecule has 1 saturated carbocycles. The standard InChI is InChI=1S/C13H21N3O4S/c1-3-15(6-10(17)14-2)13(20)16-9(12(18)19)7-21-11(16)8-4-5-8/h8-9,11H,3-7H2,1-2H3,(H,14,17)(H,18,19). The van der Waals surface area contributed by atoms with Gasteiger partial charge >= 0.3 is 12.0 Å². The number of hydrogen-bond acceptors (Lipinski definition) is 4. The van der Waals surface area contributed by atoms with E-state index in [9.17, 15) is 19.5 Å². The van der Waals surface area contributed by atoms with Gasteiger partial charge in [-0.3, -0.25) is 9.69 Å². The van der Waals surface area contributed by atoms with Gasteiger partial charge < -0.3 is 15.3 Å². The van der Waals surface area contributed by atoms with Gasteiger partial charge in [0.05, 0.1) is 5.37 Å². The third kappa shape index (κ3) is 3.42. The molecule has 2 fully saturated rings. The first kappa shape index (κ1) is 15.9. The minimum Gasteiger partial charge on any atom is -0.480 e. The minimum absolute atomic E-state index is 0.0449. The van der Waals surface area contributed by atoms with Gasteiger partial charge in [0.1, 0.15) is 12.6 Å². The lowest BCUT2D eigenvalue weighted by molar-refractivity contribution is -0.141. The molecule has 2 atom stereocenters. The Balaban J connectivity index is 2.14. The number of aliphatic carboxylic acids is 1. The van der Waals surface area contributed by atoms with E-state index in [1.165, 1.54) is 28.6 Å². The lowest BCUT2D eigenvalue weighted by Gasteiger charge is -2.32. The average Bonchev–Trinajstić information content (AvgIpc) is 3.21. The normalized spacial score (nSPS) is 24.8. The van der Waals surface area contributed by atoms with Crippen molar-refractivity contribution in [2.75, 3.05) is 25.9 Å². The number of urea groups is 1. The molecule has 0 aromatic rings. The zero-order valence-electron chi connectivity index (χ0n) is 12.2. The molecule has 2 N–H and O–H groups in total. The zero-order valence-corrected chi connectivity index (χ0v) is 13.1. The number of hydrogen-bond donors (Lipinski definition) is 2. The lowest BCUT2D eigenvalue weighted by Crippen LogP contribution is -2.53. The van der Waals surface area contributed by atoms with Crippen molar-refractivity contribution in [3.05, 3.63) is 0 Å². The number of carboxylic acid groups (broad SMARTS) is 1. The first-order valence-electron chi connectivity index (χ1n) is 7.11. The second kappa shape index (κ2) is 6.55. The number of nitrogens with zero attached hydrogens (tertiary/aromatic N) is 2. The van der Waals surface area contributed by atoms with Crippen molar-refractivity contribution in [1.29, 1.82) is 0 Å². The largest absolute Gasteiger partial charge is 0.480 e. The maximum atomic E-state index is 12.7. The highest BCUT2D eigenvalue weighted by molar-refractivity contribution is 8.00. The Morgan fingerprint density at radius 3 is 2.52 bits per heavy atom. The van der Waals surface area contributed by atoms with Crippen LogP contribution < -0.4 is 5.32 Å². The molecular weight excluding hydrogens is 294 g/mol. The average molecular weight is 315 g/mol. The lowest BCUT2D eigenvalue weighted by atomic mass is 10.2. The van der Waals surface area contributed by atoms with E-state index >= 15 is 0 Å². The third-order valence-electron chi connectivity index (χ3n) is 3.83. The third-order valence-corrected chi connectivity index (χ3v) is 5.29. The van der Waals surface area contributed by atoms with Crippen LogP contribution >= 0.6 is 11.8 Å². The van der Waals surface area contributed by atoms with Crippen LogP contribution in [0.2, 0.25) is 0 Å². The first-order chi connectivity index (χ1) is 9.99. The molecule has 0 bridgehead atoms. The highest BCUT2D eigenvalue weighted by Gasteiger charge is 2.49. The fourth-order valence-corrected chi connectivity index (χ4v) is 4.06. The van der Waals surface area contributed by atoms with E-state index in [4.69, 9.17) is 0 Å². The number of thioether (sulfide) groups is 1. The molecule has 0 spiro atoms. The zero-order chi connectivity index (χ0) is 15.6. The molecule has 8 heteroatoms. The summed E-state index contributed by atoms with van der Waals surface area (Å²) >= 11 is 1.54. The molecule has 2 rings (SSSR count). The van der Waals surface area contributed by atoms with Gasteiger partial charge in [-0.1, -0.05) is 0 Å². The molecule has 1 aliphatic heterocycles. The molecule has 3 amide bonds. The van der Waals surface area contributed by atoms with Crippen LogP contribution in [0.3, 0.4) is 0 Å². The molecule has 21 heavy (non-hydrogen) atoms. The van der Waals surface area contributed by atoms with Gasteiger partial charge in [-0.25, -0.2) is 9.59 Å².